The maximum absolute atomic E-state index is 12.4. The van der Waals surface area contributed by atoms with E-state index in [-0.39, 0.29) is 11.8 Å². The van der Waals surface area contributed by atoms with Gasteiger partial charge in [-0.15, -0.1) is 0 Å². The number of amides is 2. The van der Waals surface area contributed by atoms with Crippen molar-refractivity contribution in [1.29, 1.82) is 0 Å². The Labute approximate surface area is 152 Å². The highest BCUT2D eigenvalue weighted by Gasteiger charge is 2.26. The molecule has 2 amide bonds. The average molecular weight is 370 g/mol. The van der Waals surface area contributed by atoms with Gasteiger partial charge in [-0.3, -0.25) is 9.59 Å². The minimum atomic E-state index is -0.436. The zero-order valence-electron chi connectivity index (χ0n) is 13.9. The number of carbonyl (C=O) groups is 2. The smallest absolute Gasteiger partial charge is 0.239 e. The molecule has 5 nitrogen and oxygen atoms in total. The summed E-state index contributed by atoms with van der Waals surface area (Å²) in [5, 5.41) is 0.663. The number of benzene rings is 1. The van der Waals surface area contributed by atoms with Crippen molar-refractivity contribution in [3.8, 4) is 0 Å². The van der Waals surface area contributed by atoms with E-state index in [1.165, 1.54) is 0 Å². The van der Waals surface area contributed by atoms with Crippen LogP contribution in [0.5, 0.6) is 0 Å². The van der Waals surface area contributed by atoms with Crippen LogP contribution in [0.25, 0.3) is 0 Å². The van der Waals surface area contributed by atoms with Crippen molar-refractivity contribution in [1.82, 2.24) is 9.80 Å². The molecule has 0 bridgehead atoms. The van der Waals surface area contributed by atoms with Gasteiger partial charge in [-0.2, -0.15) is 11.8 Å². The maximum atomic E-state index is 12.4. The second-order valence-electron chi connectivity index (χ2n) is 5.90. The number of nitrogens with zero attached hydrogens (tertiary/aromatic N) is 2. The number of halogens is 1. The number of hydrogen-bond acceptors (Lipinski definition) is 4. The summed E-state index contributed by atoms with van der Waals surface area (Å²) >= 11 is 7.54. The van der Waals surface area contributed by atoms with E-state index < -0.39 is 6.04 Å². The van der Waals surface area contributed by atoms with Crippen LogP contribution in [0.2, 0.25) is 5.02 Å². The van der Waals surface area contributed by atoms with Crippen molar-refractivity contribution in [2.75, 3.05) is 38.2 Å². The molecule has 0 saturated carbocycles. The Hall–Kier alpha value is -1.24. The summed E-state index contributed by atoms with van der Waals surface area (Å²) in [6.45, 7) is 2.23. The lowest BCUT2D eigenvalue weighted by Crippen LogP contribution is -2.54. The van der Waals surface area contributed by atoms with Gasteiger partial charge in [-0.25, -0.2) is 0 Å². The highest BCUT2D eigenvalue weighted by Crippen LogP contribution is 2.12. The first-order valence-corrected chi connectivity index (χ1v) is 9.84. The molecular formula is C17H24ClN3O2S. The quantitative estimate of drug-likeness (QED) is 0.827. The highest BCUT2D eigenvalue weighted by atomic mass is 35.5. The number of hydrogen-bond donors (Lipinski definition) is 1. The topological polar surface area (TPSA) is 66.6 Å². The summed E-state index contributed by atoms with van der Waals surface area (Å²) in [4.78, 5) is 28.2. The Balaban J connectivity index is 1.80. The third kappa shape index (κ3) is 5.40. The van der Waals surface area contributed by atoms with E-state index in [4.69, 9.17) is 17.3 Å². The molecule has 1 aliphatic rings. The number of thioether (sulfide) groups is 1. The van der Waals surface area contributed by atoms with Crippen molar-refractivity contribution < 1.29 is 9.59 Å². The number of piperazine rings is 1. The summed E-state index contributed by atoms with van der Waals surface area (Å²) in [6.07, 6.45) is 3.05. The Morgan fingerprint density at radius 2 is 1.75 bits per heavy atom. The molecule has 1 atom stereocenters. The highest BCUT2D eigenvalue weighted by molar-refractivity contribution is 7.98. The largest absolute Gasteiger partial charge is 0.339 e. The lowest BCUT2D eigenvalue weighted by atomic mass is 10.1. The van der Waals surface area contributed by atoms with Gasteiger partial charge in [0.15, 0.2) is 0 Å². The molecule has 0 spiro atoms. The maximum Gasteiger partial charge on any atom is 0.239 e. The fraction of sp³-hybridized carbons (Fsp3) is 0.529. The van der Waals surface area contributed by atoms with Gasteiger partial charge in [0.25, 0.3) is 0 Å². The first-order valence-electron chi connectivity index (χ1n) is 8.07. The lowest BCUT2D eigenvalue weighted by Gasteiger charge is -2.36. The normalized spacial score (nSPS) is 16.1. The molecule has 1 fully saturated rings. The van der Waals surface area contributed by atoms with Crippen LogP contribution in [0.15, 0.2) is 24.3 Å². The Bertz CT molecular complexity index is 559. The van der Waals surface area contributed by atoms with Crippen molar-refractivity contribution in [3.63, 3.8) is 0 Å². The zero-order chi connectivity index (χ0) is 17.5. The third-order valence-electron chi connectivity index (χ3n) is 4.16. The fourth-order valence-corrected chi connectivity index (χ4v) is 3.28. The summed E-state index contributed by atoms with van der Waals surface area (Å²) in [7, 11) is 0. The molecule has 132 valence electrons. The molecule has 0 unspecified atom stereocenters. The molecule has 0 aliphatic carbocycles. The van der Waals surface area contributed by atoms with Gasteiger partial charge in [-0.05, 0) is 36.1 Å². The number of carbonyl (C=O) groups excluding carboxylic acids is 2. The molecule has 1 aromatic rings. The zero-order valence-corrected chi connectivity index (χ0v) is 15.5. The monoisotopic (exact) mass is 369 g/mol. The summed E-state index contributed by atoms with van der Waals surface area (Å²) in [6, 6.07) is 6.87. The van der Waals surface area contributed by atoms with Crippen LogP contribution in [-0.2, 0) is 16.0 Å². The van der Waals surface area contributed by atoms with Gasteiger partial charge in [0, 0.05) is 31.2 Å². The van der Waals surface area contributed by atoms with E-state index in [9.17, 15) is 9.59 Å². The standard InChI is InChI=1S/C17H24ClN3O2S/c1-24-11-6-15(19)17(23)21-9-7-20(8-10-21)16(22)12-13-2-4-14(18)5-3-13/h2-5,15H,6-12,19H2,1H3/t15-/m0/s1. The fourth-order valence-electron chi connectivity index (χ4n) is 2.67. The molecule has 1 aliphatic heterocycles. The van der Waals surface area contributed by atoms with E-state index in [1.807, 2.05) is 23.3 Å². The Kier molecular flexibility index (Phi) is 7.40. The first kappa shape index (κ1) is 19.1. The van der Waals surface area contributed by atoms with Crippen LogP contribution in [0, 0.1) is 0 Å². The molecule has 2 N–H and O–H groups in total. The van der Waals surface area contributed by atoms with Gasteiger partial charge < -0.3 is 15.5 Å². The van der Waals surface area contributed by atoms with Crippen LogP contribution in [0.3, 0.4) is 0 Å². The minimum Gasteiger partial charge on any atom is -0.339 e. The minimum absolute atomic E-state index is 0.00569. The second-order valence-corrected chi connectivity index (χ2v) is 7.32. The molecule has 7 heteroatoms. The third-order valence-corrected chi connectivity index (χ3v) is 5.06. The summed E-state index contributed by atoms with van der Waals surface area (Å²) in [5.74, 6) is 0.955. The van der Waals surface area contributed by atoms with Crippen molar-refractivity contribution in [2.24, 2.45) is 5.73 Å². The molecule has 0 aromatic heterocycles. The average Bonchev–Trinajstić information content (AvgIpc) is 2.61. The first-order chi connectivity index (χ1) is 11.5. The van der Waals surface area contributed by atoms with E-state index in [1.54, 1.807) is 28.8 Å². The SMILES string of the molecule is CSCC[C@H](N)C(=O)N1CCN(C(=O)Cc2ccc(Cl)cc2)CC1. The molecule has 0 radical (unpaired) electrons. The van der Waals surface area contributed by atoms with Crippen LogP contribution < -0.4 is 5.73 Å². The van der Waals surface area contributed by atoms with E-state index in [0.717, 1.165) is 11.3 Å². The van der Waals surface area contributed by atoms with E-state index >= 15 is 0 Å². The Morgan fingerprint density at radius 1 is 1.17 bits per heavy atom. The van der Waals surface area contributed by atoms with Gasteiger partial charge in [0.1, 0.15) is 0 Å². The predicted molar refractivity (Wildman–Crippen MR) is 99.3 cm³/mol. The molecule has 24 heavy (non-hydrogen) atoms. The molecule has 1 heterocycles. The van der Waals surface area contributed by atoms with E-state index in [2.05, 4.69) is 0 Å². The lowest BCUT2D eigenvalue weighted by molar-refractivity contribution is -0.140. The molecule has 2 rings (SSSR count). The molecule has 1 saturated heterocycles. The van der Waals surface area contributed by atoms with Crippen molar-refractivity contribution >= 4 is 35.2 Å². The van der Waals surface area contributed by atoms with Gasteiger partial charge in [-0.1, -0.05) is 23.7 Å². The summed E-state index contributed by atoms with van der Waals surface area (Å²) in [5.41, 5.74) is 6.89. The molecule has 1 aromatic carbocycles. The predicted octanol–water partition coefficient (Wildman–Crippen LogP) is 1.63. The van der Waals surface area contributed by atoms with Crippen LogP contribution in [-0.4, -0.2) is 65.8 Å². The van der Waals surface area contributed by atoms with Gasteiger partial charge in [0.2, 0.25) is 11.8 Å². The van der Waals surface area contributed by atoms with Crippen molar-refractivity contribution in [3.05, 3.63) is 34.9 Å². The number of nitrogens with two attached hydrogens (primary N) is 1. The van der Waals surface area contributed by atoms with Crippen LogP contribution in [0.4, 0.5) is 0 Å². The van der Waals surface area contributed by atoms with E-state index in [0.29, 0.717) is 44.0 Å². The number of rotatable bonds is 6. The molecular weight excluding hydrogens is 346 g/mol. The van der Waals surface area contributed by atoms with Crippen LogP contribution >= 0.6 is 23.4 Å². The summed E-state index contributed by atoms with van der Waals surface area (Å²) < 4.78 is 0. The van der Waals surface area contributed by atoms with Crippen LogP contribution in [0.1, 0.15) is 12.0 Å². The Morgan fingerprint density at radius 3 is 2.33 bits per heavy atom. The van der Waals surface area contributed by atoms with Gasteiger partial charge in [0.05, 0.1) is 12.5 Å². The van der Waals surface area contributed by atoms with Gasteiger partial charge >= 0.3 is 0 Å². The van der Waals surface area contributed by atoms with Crippen molar-refractivity contribution in [2.45, 2.75) is 18.9 Å². The second kappa shape index (κ2) is 9.30.